The third kappa shape index (κ3) is 2.20. The number of nitrogens with zero attached hydrogens (tertiary/aromatic N) is 1. The topological polar surface area (TPSA) is 38.9 Å². The first-order chi connectivity index (χ1) is 9.65. The molecule has 4 heteroatoms. The lowest BCUT2D eigenvalue weighted by atomic mass is 10.0. The van der Waals surface area contributed by atoms with Gasteiger partial charge in [0.2, 0.25) is 0 Å². The van der Waals surface area contributed by atoms with Gasteiger partial charge in [0, 0.05) is 24.1 Å². The third-order valence-corrected chi connectivity index (χ3v) is 3.29. The van der Waals surface area contributed by atoms with Crippen LogP contribution in [0.4, 0.5) is 14.5 Å². The van der Waals surface area contributed by atoms with Gasteiger partial charge in [0.15, 0.2) is 0 Å². The molecule has 1 heterocycles. The highest BCUT2D eigenvalue weighted by Gasteiger charge is 2.10. The van der Waals surface area contributed by atoms with Crippen LogP contribution in [0.1, 0.15) is 11.1 Å². The zero-order chi connectivity index (χ0) is 14.1. The SMILES string of the molecule is Nc1cc(F)c(Cc2ccnc3ccccc23)cc1F. The molecule has 0 aliphatic heterocycles. The van der Waals surface area contributed by atoms with Crippen molar-refractivity contribution in [3.05, 3.63) is 71.4 Å². The van der Waals surface area contributed by atoms with Crippen molar-refractivity contribution < 1.29 is 8.78 Å². The molecule has 2 nitrogen and oxygen atoms in total. The fourth-order valence-corrected chi connectivity index (χ4v) is 2.25. The summed E-state index contributed by atoms with van der Waals surface area (Å²) in [7, 11) is 0. The standard InChI is InChI=1S/C16H12F2N2/c17-13-9-15(19)14(18)8-11(13)7-10-5-6-20-16-4-2-1-3-12(10)16/h1-6,8-9H,7,19H2. The number of pyridine rings is 1. The van der Waals surface area contributed by atoms with Crippen LogP contribution in [-0.2, 0) is 6.42 Å². The van der Waals surface area contributed by atoms with E-state index >= 15 is 0 Å². The van der Waals surface area contributed by atoms with E-state index in [0.29, 0.717) is 6.42 Å². The maximum atomic E-state index is 13.9. The molecule has 0 radical (unpaired) electrons. The Balaban J connectivity index is 2.08. The Labute approximate surface area is 114 Å². The molecule has 20 heavy (non-hydrogen) atoms. The van der Waals surface area contributed by atoms with Crippen molar-refractivity contribution in [1.82, 2.24) is 4.98 Å². The molecule has 0 aliphatic carbocycles. The zero-order valence-electron chi connectivity index (χ0n) is 10.6. The van der Waals surface area contributed by atoms with Gasteiger partial charge in [-0.3, -0.25) is 4.98 Å². The minimum atomic E-state index is -0.597. The van der Waals surface area contributed by atoms with Gasteiger partial charge in [0.1, 0.15) is 11.6 Å². The summed E-state index contributed by atoms with van der Waals surface area (Å²) in [5.41, 5.74) is 7.19. The van der Waals surface area contributed by atoms with Gasteiger partial charge in [-0.05, 0) is 29.3 Å². The Bertz CT molecular complexity index is 779. The van der Waals surface area contributed by atoms with E-state index in [2.05, 4.69) is 4.98 Å². The van der Waals surface area contributed by atoms with Crippen molar-refractivity contribution in [2.75, 3.05) is 5.73 Å². The maximum absolute atomic E-state index is 13.9. The highest BCUT2D eigenvalue weighted by Crippen LogP contribution is 2.23. The van der Waals surface area contributed by atoms with E-state index in [1.54, 1.807) is 6.20 Å². The van der Waals surface area contributed by atoms with Crippen LogP contribution in [0.2, 0.25) is 0 Å². The first kappa shape index (κ1) is 12.5. The number of para-hydroxylation sites is 1. The number of nitrogen functional groups attached to an aromatic ring is 1. The summed E-state index contributed by atoms with van der Waals surface area (Å²) in [5.74, 6) is -1.09. The minimum Gasteiger partial charge on any atom is -0.396 e. The average Bonchev–Trinajstić information content (AvgIpc) is 2.45. The van der Waals surface area contributed by atoms with Gasteiger partial charge in [-0.15, -0.1) is 0 Å². The molecule has 3 rings (SSSR count). The second-order valence-electron chi connectivity index (χ2n) is 4.63. The molecule has 0 saturated carbocycles. The van der Waals surface area contributed by atoms with Gasteiger partial charge < -0.3 is 5.73 Å². The number of hydrogen-bond donors (Lipinski definition) is 1. The van der Waals surface area contributed by atoms with Gasteiger partial charge in [-0.1, -0.05) is 18.2 Å². The lowest BCUT2D eigenvalue weighted by Gasteiger charge is -2.08. The molecule has 3 aromatic rings. The van der Waals surface area contributed by atoms with Crippen molar-refractivity contribution in [3.63, 3.8) is 0 Å². The molecule has 0 atom stereocenters. The van der Waals surface area contributed by atoms with Crippen molar-refractivity contribution in [2.24, 2.45) is 0 Å². The molecule has 2 N–H and O–H groups in total. The molecular formula is C16H12F2N2. The van der Waals surface area contributed by atoms with Crippen molar-refractivity contribution in [3.8, 4) is 0 Å². The fourth-order valence-electron chi connectivity index (χ4n) is 2.25. The predicted octanol–water partition coefficient (Wildman–Crippen LogP) is 3.69. The molecular weight excluding hydrogens is 258 g/mol. The second-order valence-corrected chi connectivity index (χ2v) is 4.63. The number of rotatable bonds is 2. The normalized spacial score (nSPS) is 10.9. The largest absolute Gasteiger partial charge is 0.396 e. The summed E-state index contributed by atoms with van der Waals surface area (Å²) in [5, 5.41) is 0.937. The van der Waals surface area contributed by atoms with E-state index in [9.17, 15) is 8.78 Å². The number of halogens is 2. The summed E-state index contributed by atoms with van der Waals surface area (Å²) in [6, 6.07) is 11.6. The summed E-state index contributed by atoms with van der Waals surface area (Å²) in [6.45, 7) is 0. The van der Waals surface area contributed by atoms with Crippen LogP contribution in [0, 0.1) is 11.6 Å². The van der Waals surface area contributed by atoms with Gasteiger partial charge in [0.25, 0.3) is 0 Å². The number of benzene rings is 2. The molecule has 0 bridgehead atoms. The lowest BCUT2D eigenvalue weighted by molar-refractivity contribution is 0.592. The zero-order valence-corrected chi connectivity index (χ0v) is 10.6. The summed E-state index contributed by atoms with van der Waals surface area (Å²) >= 11 is 0. The fraction of sp³-hybridized carbons (Fsp3) is 0.0625. The van der Waals surface area contributed by atoms with Crippen LogP contribution in [0.5, 0.6) is 0 Å². The molecule has 0 aliphatic rings. The van der Waals surface area contributed by atoms with Gasteiger partial charge in [0.05, 0.1) is 11.2 Å². The lowest BCUT2D eigenvalue weighted by Crippen LogP contribution is -1.99. The number of aromatic nitrogens is 1. The molecule has 0 fully saturated rings. The maximum Gasteiger partial charge on any atom is 0.146 e. The monoisotopic (exact) mass is 270 g/mol. The minimum absolute atomic E-state index is 0.175. The summed E-state index contributed by atoms with van der Waals surface area (Å²) in [6.07, 6.45) is 1.97. The second kappa shape index (κ2) is 4.89. The van der Waals surface area contributed by atoms with E-state index < -0.39 is 11.6 Å². The van der Waals surface area contributed by atoms with Gasteiger partial charge >= 0.3 is 0 Å². The molecule has 0 unspecified atom stereocenters. The van der Waals surface area contributed by atoms with Gasteiger partial charge in [-0.2, -0.15) is 0 Å². The molecule has 0 spiro atoms. The van der Waals surface area contributed by atoms with Crippen LogP contribution in [-0.4, -0.2) is 4.98 Å². The van der Waals surface area contributed by atoms with Crippen LogP contribution in [0.3, 0.4) is 0 Å². The molecule has 100 valence electrons. The Morgan fingerprint density at radius 1 is 0.950 bits per heavy atom. The van der Waals surface area contributed by atoms with Gasteiger partial charge in [-0.25, -0.2) is 8.78 Å². The van der Waals surface area contributed by atoms with E-state index in [4.69, 9.17) is 5.73 Å². The Morgan fingerprint density at radius 2 is 1.75 bits per heavy atom. The molecule has 0 amide bonds. The van der Waals surface area contributed by atoms with E-state index in [1.807, 2.05) is 30.3 Å². The number of fused-ring (bicyclic) bond motifs is 1. The van der Waals surface area contributed by atoms with Crippen molar-refractivity contribution >= 4 is 16.6 Å². The Hall–Kier alpha value is -2.49. The van der Waals surface area contributed by atoms with Crippen LogP contribution < -0.4 is 5.73 Å². The number of anilines is 1. The smallest absolute Gasteiger partial charge is 0.146 e. The third-order valence-electron chi connectivity index (χ3n) is 3.29. The quantitative estimate of drug-likeness (QED) is 0.721. The Kier molecular flexibility index (Phi) is 3.06. The summed E-state index contributed by atoms with van der Waals surface area (Å²) < 4.78 is 27.3. The average molecular weight is 270 g/mol. The van der Waals surface area contributed by atoms with E-state index in [1.165, 1.54) is 0 Å². The van der Waals surface area contributed by atoms with Crippen LogP contribution in [0.25, 0.3) is 10.9 Å². The molecule has 0 saturated heterocycles. The van der Waals surface area contributed by atoms with Crippen molar-refractivity contribution in [1.29, 1.82) is 0 Å². The Morgan fingerprint density at radius 3 is 2.60 bits per heavy atom. The predicted molar refractivity (Wildman–Crippen MR) is 75.3 cm³/mol. The summed E-state index contributed by atoms with van der Waals surface area (Å²) in [4.78, 5) is 4.25. The first-order valence-electron chi connectivity index (χ1n) is 6.21. The van der Waals surface area contributed by atoms with E-state index in [0.717, 1.165) is 28.6 Å². The number of nitrogens with two attached hydrogens (primary N) is 1. The van der Waals surface area contributed by atoms with Crippen LogP contribution >= 0.6 is 0 Å². The molecule has 2 aromatic carbocycles. The van der Waals surface area contributed by atoms with Crippen LogP contribution in [0.15, 0.2) is 48.7 Å². The molecule has 1 aromatic heterocycles. The first-order valence-corrected chi connectivity index (χ1v) is 6.21. The highest BCUT2D eigenvalue weighted by atomic mass is 19.1. The van der Waals surface area contributed by atoms with E-state index in [-0.39, 0.29) is 11.3 Å². The van der Waals surface area contributed by atoms with Crippen molar-refractivity contribution in [2.45, 2.75) is 6.42 Å². The highest BCUT2D eigenvalue weighted by molar-refractivity contribution is 5.82. The number of hydrogen-bond acceptors (Lipinski definition) is 2.